The highest BCUT2D eigenvalue weighted by atomic mass is 16.5. The molecule has 0 saturated heterocycles. The molecule has 0 unspecified atom stereocenters. The van der Waals surface area contributed by atoms with Crippen molar-refractivity contribution in [3.8, 4) is 11.5 Å². The van der Waals surface area contributed by atoms with Gasteiger partial charge in [-0.3, -0.25) is 4.79 Å². The third-order valence-electron chi connectivity index (χ3n) is 5.09. The Hall–Kier alpha value is -3.73. The number of carbonyl (C=O) groups is 1. The van der Waals surface area contributed by atoms with Crippen LogP contribution in [0.5, 0.6) is 11.5 Å². The number of phenolic OH excluding ortho intramolecular Hbond substituents is 1. The molecule has 0 fully saturated rings. The van der Waals surface area contributed by atoms with E-state index < -0.39 is 0 Å². The van der Waals surface area contributed by atoms with Crippen LogP contribution in [0.4, 0.5) is 0 Å². The number of ether oxygens (including phenoxy) is 2. The van der Waals surface area contributed by atoms with E-state index in [1.165, 1.54) is 25.3 Å². The number of ketones is 1. The monoisotopic (exact) mass is 581 g/mol. The fourth-order valence-corrected chi connectivity index (χ4v) is 2.86. The van der Waals surface area contributed by atoms with Crippen LogP contribution in [0.3, 0.4) is 0 Å². The summed E-state index contributed by atoms with van der Waals surface area (Å²) < 4.78 is 10.7. The number of benzene rings is 3. The van der Waals surface area contributed by atoms with Crippen LogP contribution in [0.2, 0.25) is 0 Å². The zero-order chi connectivity index (χ0) is 32.8. The summed E-state index contributed by atoms with van der Waals surface area (Å²) in [6.45, 7) is 22.8. The highest BCUT2D eigenvalue weighted by molar-refractivity contribution is 5.91. The molecular formula is C37H59NO4. The standard InChI is InChI=1S/C15H21NO3.C7H8O.C7H8.C4H10.2C2H6/c1-5-16-11(2)15(12(3)17)19-10-13-6-8-14(18-4)9-7-13;1-6-3-2-4-7(8)5-6;1-7-5-3-2-4-6-7;1-3-4-2;2*1-2/h6-9,16H,5,10H2,1-4H3;2-5,8H,1H3;2-6H,1H3;3-4H2,1-2H3;2*1-2H3/b15-11-;;;;;. The molecule has 0 saturated carbocycles. The molecule has 0 aliphatic carbocycles. The molecule has 0 bridgehead atoms. The van der Waals surface area contributed by atoms with Crippen molar-refractivity contribution in [3.05, 3.63) is 107 Å². The van der Waals surface area contributed by atoms with E-state index >= 15 is 0 Å². The molecule has 5 heteroatoms. The highest BCUT2D eigenvalue weighted by Gasteiger charge is 2.10. The SMILES string of the molecule is CC.CC.CCCC.CCN/C(C)=C(\OCc1ccc(OC)cc1)C(C)=O.Cc1cccc(O)c1.Cc1ccccc1. The Bertz CT molecular complexity index is 1030. The zero-order valence-corrected chi connectivity index (χ0v) is 28.5. The Kier molecular flexibility index (Phi) is 30.8. The molecule has 3 aromatic carbocycles. The molecule has 0 atom stereocenters. The Balaban J connectivity index is -0.000000542. The molecule has 3 aromatic rings. The fraction of sp³-hybridized carbons (Fsp3) is 0.432. The van der Waals surface area contributed by atoms with Crippen LogP contribution in [-0.4, -0.2) is 24.5 Å². The van der Waals surface area contributed by atoms with Gasteiger partial charge in [-0.15, -0.1) is 0 Å². The summed E-state index contributed by atoms with van der Waals surface area (Å²) in [4.78, 5) is 11.5. The lowest BCUT2D eigenvalue weighted by Crippen LogP contribution is -2.16. The fourth-order valence-electron chi connectivity index (χ4n) is 2.86. The summed E-state index contributed by atoms with van der Waals surface area (Å²) in [5, 5.41) is 11.9. The molecule has 0 aromatic heterocycles. The van der Waals surface area contributed by atoms with Gasteiger partial charge in [-0.1, -0.05) is 115 Å². The second-order valence-electron chi connectivity index (χ2n) is 8.67. The summed E-state index contributed by atoms with van der Waals surface area (Å²) in [6.07, 6.45) is 2.64. The predicted molar refractivity (Wildman–Crippen MR) is 182 cm³/mol. The van der Waals surface area contributed by atoms with Crippen molar-refractivity contribution in [2.45, 2.75) is 95.6 Å². The minimum Gasteiger partial charge on any atom is -0.508 e. The number of carbonyl (C=O) groups excluding carboxylic acids is 1. The molecule has 5 nitrogen and oxygen atoms in total. The van der Waals surface area contributed by atoms with Crippen molar-refractivity contribution in [3.63, 3.8) is 0 Å². The molecule has 3 rings (SSSR count). The van der Waals surface area contributed by atoms with E-state index in [0.717, 1.165) is 29.1 Å². The van der Waals surface area contributed by atoms with Gasteiger partial charge < -0.3 is 19.9 Å². The quantitative estimate of drug-likeness (QED) is 0.205. The van der Waals surface area contributed by atoms with Crippen molar-refractivity contribution >= 4 is 5.78 Å². The lowest BCUT2D eigenvalue weighted by atomic mass is 10.2. The van der Waals surface area contributed by atoms with E-state index in [-0.39, 0.29) is 5.78 Å². The average Bonchev–Trinajstić information content (AvgIpc) is 3.00. The molecule has 0 aliphatic rings. The van der Waals surface area contributed by atoms with Crippen LogP contribution in [0.25, 0.3) is 0 Å². The Morgan fingerprint density at radius 2 is 1.29 bits per heavy atom. The molecule has 0 spiro atoms. The number of unbranched alkanes of at least 4 members (excludes halogenated alkanes) is 1. The van der Waals surface area contributed by atoms with E-state index in [9.17, 15) is 4.79 Å². The van der Waals surface area contributed by atoms with Crippen molar-refractivity contribution in [1.82, 2.24) is 5.32 Å². The summed E-state index contributed by atoms with van der Waals surface area (Å²) in [5.74, 6) is 1.45. The lowest BCUT2D eigenvalue weighted by molar-refractivity contribution is -0.117. The van der Waals surface area contributed by atoms with Gasteiger partial charge in [0.15, 0.2) is 11.5 Å². The molecule has 42 heavy (non-hydrogen) atoms. The smallest absolute Gasteiger partial charge is 0.196 e. The second kappa shape index (κ2) is 30.2. The zero-order valence-electron chi connectivity index (χ0n) is 28.5. The third-order valence-corrected chi connectivity index (χ3v) is 5.09. The number of phenols is 1. The summed E-state index contributed by atoms with van der Waals surface area (Å²) in [5.41, 5.74) is 4.17. The number of hydrogen-bond acceptors (Lipinski definition) is 5. The summed E-state index contributed by atoms with van der Waals surface area (Å²) in [6, 6.07) is 25.0. The van der Waals surface area contributed by atoms with Gasteiger partial charge in [0.2, 0.25) is 0 Å². The number of aryl methyl sites for hydroxylation is 2. The number of aromatic hydroxyl groups is 1. The molecular weight excluding hydrogens is 522 g/mol. The minimum atomic E-state index is -0.0769. The molecule has 2 N–H and O–H groups in total. The number of rotatable bonds is 8. The molecule has 0 radical (unpaired) electrons. The van der Waals surface area contributed by atoms with Gasteiger partial charge in [-0.2, -0.15) is 0 Å². The van der Waals surface area contributed by atoms with Crippen LogP contribution in [-0.2, 0) is 16.1 Å². The molecule has 236 valence electrons. The Labute approximate surface area is 258 Å². The van der Waals surface area contributed by atoms with Crippen molar-refractivity contribution < 1.29 is 19.4 Å². The average molecular weight is 582 g/mol. The predicted octanol–water partition coefficient (Wildman–Crippen LogP) is 10.2. The van der Waals surface area contributed by atoms with E-state index in [1.54, 1.807) is 19.2 Å². The lowest BCUT2D eigenvalue weighted by Gasteiger charge is -2.12. The van der Waals surface area contributed by atoms with Crippen molar-refractivity contribution in [2.24, 2.45) is 0 Å². The number of nitrogens with one attached hydrogen (secondary N) is 1. The molecule has 0 amide bonds. The van der Waals surface area contributed by atoms with E-state index in [2.05, 4.69) is 38.2 Å². The first-order valence-corrected chi connectivity index (χ1v) is 15.2. The van der Waals surface area contributed by atoms with Gasteiger partial charge in [-0.25, -0.2) is 0 Å². The van der Waals surface area contributed by atoms with Crippen LogP contribution in [0.1, 0.15) is 91.8 Å². The molecule has 0 aliphatic heterocycles. The van der Waals surface area contributed by atoms with Crippen molar-refractivity contribution in [2.75, 3.05) is 13.7 Å². The van der Waals surface area contributed by atoms with Gasteiger partial charge in [0.05, 0.1) is 12.8 Å². The maximum absolute atomic E-state index is 11.5. The first kappa shape index (κ1) is 42.7. The van der Waals surface area contributed by atoms with E-state index in [4.69, 9.17) is 14.6 Å². The first-order valence-electron chi connectivity index (χ1n) is 15.2. The van der Waals surface area contributed by atoms with E-state index in [1.807, 2.05) is 103 Å². The Morgan fingerprint density at radius 3 is 1.62 bits per heavy atom. The van der Waals surface area contributed by atoms with Gasteiger partial charge in [0.1, 0.15) is 18.1 Å². The number of hydrogen-bond donors (Lipinski definition) is 2. The topological polar surface area (TPSA) is 67.8 Å². The highest BCUT2D eigenvalue weighted by Crippen LogP contribution is 2.14. The maximum atomic E-state index is 11.5. The van der Waals surface area contributed by atoms with Crippen LogP contribution in [0, 0.1) is 13.8 Å². The first-order chi connectivity index (χ1) is 20.2. The van der Waals surface area contributed by atoms with E-state index in [0.29, 0.717) is 18.1 Å². The van der Waals surface area contributed by atoms with Gasteiger partial charge in [0.25, 0.3) is 0 Å². The summed E-state index contributed by atoms with van der Waals surface area (Å²) >= 11 is 0. The summed E-state index contributed by atoms with van der Waals surface area (Å²) in [7, 11) is 1.63. The largest absolute Gasteiger partial charge is 0.508 e. The van der Waals surface area contributed by atoms with Crippen molar-refractivity contribution in [1.29, 1.82) is 0 Å². The molecule has 0 heterocycles. The van der Waals surface area contributed by atoms with Crippen LogP contribution >= 0.6 is 0 Å². The van der Waals surface area contributed by atoms with Crippen LogP contribution < -0.4 is 10.1 Å². The van der Waals surface area contributed by atoms with Gasteiger partial charge in [-0.05, 0) is 63.1 Å². The van der Waals surface area contributed by atoms with Crippen LogP contribution in [0.15, 0.2) is 90.3 Å². The maximum Gasteiger partial charge on any atom is 0.196 e. The number of methoxy groups -OCH3 is 1. The Morgan fingerprint density at radius 1 is 0.762 bits per heavy atom. The normalized spacial score (nSPS) is 9.43. The number of allylic oxidation sites excluding steroid dienone is 2. The van der Waals surface area contributed by atoms with Gasteiger partial charge >= 0.3 is 0 Å². The third kappa shape index (κ3) is 24.1. The van der Waals surface area contributed by atoms with Gasteiger partial charge in [0, 0.05) is 13.5 Å². The number of Topliss-reactive ketones (excluding diaryl/α,β-unsaturated/α-hetero) is 1. The second-order valence-corrected chi connectivity index (χ2v) is 8.67. The minimum absolute atomic E-state index is 0.0769.